The average molecular weight is 355 g/mol. The molecule has 1 aromatic carbocycles. The van der Waals surface area contributed by atoms with Gasteiger partial charge < -0.3 is 9.88 Å². The van der Waals surface area contributed by atoms with Gasteiger partial charge in [0.1, 0.15) is 10.5 Å². The molecule has 2 aromatic rings. The van der Waals surface area contributed by atoms with Gasteiger partial charge in [0, 0.05) is 25.0 Å². The van der Waals surface area contributed by atoms with Gasteiger partial charge in [0.2, 0.25) is 0 Å². The number of nitrogens with one attached hydrogen (secondary N) is 1. The summed E-state index contributed by atoms with van der Waals surface area (Å²) in [5.41, 5.74) is -1.45. The van der Waals surface area contributed by atoms with Crippen molar-refractivity contribution in [3.63, 3.8) is 0 Å². The third-order valence-electron chi connectivity index (χ3n) is 3.49. The minimum absolute atomic E-state index is 0.0220. The Hall–Kier alpha value is -2.68. The first kappa shape index (κ1) is 17.7. The maximum absolute atomic E-state index is 12.3. The summed E-state index contributed by atoms with van der Waals surface area (Å²) < 4.78 is 1.03. The van der Waals surface area contributed by atoms with E-state index in [1.54, 1.807) is 0 Å². The number of aryl methyl sites for hydroxylation is 1. The molecule has 128 valence electrons. The molecule has 0 spiro atoms. The summed E-state index contributed by atoms with van der Waals surface area (Å²) in [7, 11) is 1.33. The number of nitro benzene ring substituents is 2. The second-order valence-corrected chi connectivity index (χ2v) is 6.08. The van der Waals surface area contributed by atoms with Crippen molar-refractivity contribution >= 4 is 39.6 Å². The molecule has 0 radical (unpaired) electrons. The second-order valence-electron chi connectivity index (χ2n) is 5.70. The van der Waals surface area contributed by atoms with Crippen molar-refractivity contribution in [1.82, 2.24) is 4.57 Å². The van der Waals surface area contributed by atoms with Gasteiger partial charge in [-0.1, -0.05) is 25.4 Å². The number of fused-ring (bicyclic) bond motifs is 1. The zero-order chi connectivity index (χ0) is 18.2. The first-order chi connectivity index (χ1) is 11.1. The highest BCUT2D eigenvalue weighted by Crippen LogP contribution is 2.36. The highest BCUT2D eigenvalue weighted by Gasteiger charge is 2.26. The molecule has 0 fully saturated rings. The zero-order valence-electron chi connectivity index (χ0n) is 13.2. The van der Waals surface area contributed by atoms with E-state index < -0.39 is 26.8 Å². The monoisotopic (exact) mass is 354 g/mol. The summed E-state index contributed by atoms with van der Waals surface area (Å²) >= 11 is 6.09. The topological polar surface area (TPSA) is 120 Å². The van der Waals surface area contributed by atoms with Crippen molar-refractivity contribution in [2.45, 2.75) is 13.8 Å². The van der Waals surface area contributed by atoms with Crippen molar-refractivity contribution in [1.29, 1.82) is 0 Å². The fourth-order valence-electron chi connectivity index (χ4n) is 2.34. The molecule has 0 amide bonds. The number of hydrogen-bond acceptors (Lipinski definition) is 6. The molecular formula is C14H15ClN4O5. The number of nitrogens with zero attached hydrogens (tertiary/aromatic N) is 3. The van der Waals surface area contributed by atoms with Gasteiger partial charge in [-0.25, -0.2) is 0 Å². The number of non-ortho nitro benzene ring substituents is 2. The number of benzene rings is 1. The van der Waals surface area contributed by atoms with Crippen LogP contribution in [0.4, 0.5) is 17.1 Å². The van der Waals surface area contributed by atoms with E-state index in [1.165, 1.54) is 13.1 Å². The Morgan fingerprint density at radius 2 is 1.88 bits per heavy atom. The third-order valence-corrected chi connectivity index (χ3v) is 3.84. The molecule has 10 heteroatoms. The van der Waals surface area contributed by atoms with Crippen molar-refractivity contribution in [2.75, 3.05) is 11.9 Å². The van der Waals surface area contributed by atoms with Gasteiger partial charge in [-0.2, -0.15) is 0 Å². The lowest BCUT2D eigenvalue weighted by molar-refractivity contribution is -0.393. The molecule has 1 heterocycles. The Labute approximate surface area is 141 Å². The van der Waals surface area contributed by atoms with Gasteiger partial charge in [0.25, 0.3) is 11.2 Å². The minimum Gasteiger partial charge on any atom is -0.383 e. The molecule has 0 saturated carbocycles. The summed E-state index contributed by atoms with van der Waals surface area (Å²) in [6.07, 6.45) is 0. The van der Waals surface area contributed by atoms with Crippen LogP contribution in [-0.4, -0.2) is 21.0 Å². The first-order valence-corrected chi connectivity index (χ1v) is 7.41. The maximum Gasteiger partial charge on any atom is 0.300 e. The summed E-state index contributed by atoms with van der Waals surface area (Å²) in [5.74, 6) is 0.203. The van der Waals surface area contributed by atoms with Crippen LogP contribution in [0, 0.1) is 26.1 Å². The zero-order valence-corrected chi connectivity index (χ0v) is 14.0. The Morgan fingerprint density at radius 3 is 2.38 bits per heavy atom. The Kier molecular flexibility index (Phi) is 4.74. The molecule has 0 bridgehead atoms. The number of rotatable bonds is 5. The van der Waals surface area contributed by atoms with Crippen LogP contribution in [0.15, 0.2) is 16.9 Å². The lowest BCUT2D eigenvalue weighted by atomic mass is 10.1. The van der Waals surface area contributed by atoms with Crippen LogP contribution in [0.2, 0.25) is 5.02 Å². The molecular weight excluding hydrogens is 340 g/mol. The molecule has 2 rings (SSSR count). The van der Waals surface area contributed by atoms with E-state index in [-0.39, 0.29) is 27.5 Å². The smallest absolute Gasteiger partial charge is 0.300 e. The molecule has 24 heavy (non-hydrogen) atoms. The van der Waals surface area contributed by atoms with Gasteiger partial charge in [-0.3, -0.25) is 25.0 Å². The molecule has 0 saturated heterocycles. The number of nitro groups is 2. The van der Waals surface area contributed by atoms with Crippen LogP contribution < -0.4 is 10.9 Å². The van der Waals surface area contributed by atoms with E-state index >= 15 is 0 Å². The Balaban J connectivity index is 2.96. The van der Waals surface area contributed by atoms with E-state index in [9.17, 15) is 25.0 Å². The minimum atomic E-state index is -0.755. The maximum atomic E-state index is 12.3. The quantitative estimate of drug-likeness (QED) is 0.650. The third kappa shape index (κ3) is 3.02. The van der Waals surface area contributed by atoms with Crippen molar-refractivity contribution in [3.05, 3.63) is 47.7 Å². The normalized spacial score (nSPS) is 11.0. The standard InChI is InChI=1S/C14H15ClN4O5/c1-7(2)6-16-12-9-4-8(18(21)22)5-10(19(23)24)13(9)17(3)14(20)11(12)15/h4-5,7,16H,6H2,1-3H3. The number of anilines is 1. The van der Waals surface area contributed by atoms with E-state index in [4.69, 9.17) is 11.6 Å². The molecule has 0 unspecified atom stereocenters. The molecule has 0 aliphatic rings. The van der Waals surface area contributed by atoms with Gasteiger partial charge in [0.05, 0.1) is 21.6 Å². The van der Waals surface area contributed by atoms with Crippen molar-refractivity contribution < 1.29 is 9.85 Å². The predicted octanol–water partition coefficient (Wildman–Crippen LogP) is 3.08. The molecule has 1 aromatic heterocycles. The summed E-state index contributed by atoms with van der Waals surface area (Å²) in [6, 6.07) is 2.01. The number of pyridine rings is 1. The molecule has 0 atom stereocenters. The van der Waals surface area contributed by atoms with Gasteiger partial charge >= 0.3 is 5.69 Å². The SMILES string of the molecule is CC(C)CNc1c(Cl)c(=O)n(C)c2c([N+](=O)[O-])cc([N+](=O)[O-])cc12. The fraction of sp³-hybridized carbons (Fsp3) is 0.357. The largest absolute Gasteiger partial charge is 0.383 e. The van der Waals surface area contributed by atoms with Crippen LogP contribution in [0.1, 0.15) is 13.8 Å². The number of aromatic nitrogens is 1. The average Bonchev–Trinajstić information content (AvgIpc) is 2.50. The molecule has 9 nitrogen and oxygen atoms in total. The fourth-order valence-corrected chi connectivity index (χ4v) is 2.64. The van der Waals surface area contributed by atoms with Crippen LogP contribution in [0.25, 0.3) is 10.9 Å². The summed E-state index contributed by atoms with van der Waals surface area (Å²) in [6.45, 7) is 4.29. The van der Waals surface area contributed by atoms with E-state index in [2.05, 4.69) is 5.32 Å². The second kappa shape index (κ2) is 6.44. The predicted molar refractivity (Wildman–Crippen MR) is 90.8 cm³/mol. The van der Waals surface area contributed by atoms with E-state index in [1.807, 2.05) is 13.8 Å². The van der Waals surface area contributed by atoms with Gasteiger partial charge in [-0.15, -0.1) is 0 Å². The molecule has 0 aliphatic heterocycles. The number of halogens is 1. The van der Waals surface area contributed by atoms with Gasteiger partial charge in [0.15, 0.2) is 0 Å². The van der Waals surface area contributed by atoms with Crippen LogP contribution in [0.3, 0.4) is 0 Å². The first-order valence-electron chi connectivity index (χ1n) is 7.04. The lowest BCUT2D eigenvalue weighted by Gasteiger charge is -2.15. The van der Waals surface area contributed by atoms with Crippen molar-refractivity contribution in [3.8, 4) is 0 Å². The van der Waals surface area contributed by atoms with E-state index in [0.29, 0.717) is 6.54 Å². The number of hydrogen-bond donors (Lipinski definition) is 1. The highest BCUT2D eigenvalue weighted by atomic mass is 35.5. The van der Waals surface area contributed by atoms with Crippen LogP contribution in [0.5, 0.6) is 0 Å². The lowest BCUT2D eigenvalue weighted by Crippen LogP contribution is -2.21. The highest BCUT2D eigenvalue weighted by molar-refractivity contribution is 6.34. The summed E-state index contributed by atoms with van der Waals surface area (Å²) in [5, 5.41) is 25.4. The van der Waals surface area contributed by atoms with Crippen molar-refractivity contribution in [2.24, 2.45) is 13.0 Å². The van der Waals surface area contributed by atoms with Crippen LogP contribution >= 0.6 is 11.6 Å². The van der Waals surface area contributed by atoms with Crippen LogP contribution in [-0.2, 0) is 7.05 Å². The van der Waals surface area contributed by atoms with E-state index in [0.717, 1.165) is 10.6 Å². The Morgan fingerprint density at radius 1 is 1.25 bits per heavy atom. The molecule has 0 aliphatic carbocycles. The Bertz CT molecular complexity index is 906. The van der Waals surface area contributed by atoms with Gasteiger partial charge in [-0.05, 0) is 5.92 Å². The summed E-state index contributed by atoms with van der Waals surface area (Å²) in [4.78, 5) is 33.2. The molecule has 1 N–H and O–H groups in total.